The first-order chi connectivity index (χ1) is 10.2. The Labute approximate surface area is 128 Å². The van der Waals surface area contributed by atoms with Crippen molar-refractivity contribution >= 4 is 5.91 Å². The highest BCUT2D eigenvalue weighted by molar-refractivity contribution is 5.79. The molecule has 0 aromatic rings. The molecule has 5 atom stereocenters. The predicted octanol–water partition coefficient (Wildman–Crippen LogP) is 2.66. The van der Waals surface area contributed by atoms with E-state index >= 15 is 0 Å². The Balaban J connectivity index is 1.37. The minimum absolute atomic E-state index is 0.229. The van der Waals surface area contributed by atoms with E-state index in [9.17, 15) is 4.79 Å². The molecule has 0 aromatic heterocycles. The summed E-state index contributed by atoms with van der Waals surface area (Å²) in [6, 6.07) is 0.567. The lowest BCUT2D eigenvalue weighted by atomic mass is 9.83. The second kappa shape index (κ2) is 5.57. The van der Waals surface area contributed by atoms with Gasteiger partial charge in [0.15, 0.2) is 0 Å². The van der Waals surface area contributed by atoms with Crippen molar-refractivity contribution in [2.24, 2.45) is 29.6 Å². The van der Waals surface area contributed by atoms with Crippen LogP contribution < -0.4 is 5.32 Å². The van der Waals surface area contributed by atoms with E-state index in [1.807, 2.05) is 0 Å². The number of nitrogens with one attached hydrogen (secondary N) is 1. The Morgan fingerprint density at radius 3 is 2.71 bits per heavy atom. The molecule has 2 bridgehead atoms. The van der Waals surface area contributed by atoms with E-state index in [0.717, 1.165) is 37.4 Å². The second-order valence-electron chi connectivity index (χ2n) is 8.21. The average Bonchev–Trinajstić information content (AvgIpc) is 3.11. The monoisotopic (exact) mass is 290 g/mol. The molecule has 1 N–H and O–H groups in total. The number of amides is 1. The third-order valence-corrected chi connectivity index (χ3v) is 7.03. The van der Waals surface area contributed by atoms with Gasteiger partial charge in [-0.05, 0) is 75.3 Å². The molecule has 0 aromatic carbocycles. The normalized spacial score (nSPS) is 40.5. The van der Waals surface area contributed by atoms with Gasteiger partial charge in [0.2, 0.25) is 5.91 Å². The summed E-state index contributed by atoms with van der Waals surface area (Å²) >= 11 is 0. The highest BCUT2D eigenvalue weighted by atomic mass is 16.2. The number of hydrogen-bond donors (Lipinski definition) is 1. The minimum Gasteiger partial charge on any atom is -0.339 e. The van der Waals surface area contributed by atoms with Gasteiger partial charge in [0.25, 0.3) is 0 Å². The van der Waals surface area contributed by atoms with Gasteiger partial charge in [-0.1, -0.05) is 13.3 Å². The van der Waals surface area contributed by atoms with Crippen LogP contribution in [-0.2, 0) is 4.79 Å². The molecule has 0 spiro atoms. The molecule has 2 aliphatic heterocycles. The predicted molar refractivity (Wildman–Crippen MR) is 83.8 cm³/mol. The van der Waals surface area contributed by atoms with Crippen molar-refractivity contribution in [3.63, 3.8) is 0 Å². The lowest BCUT2D eigenvalue weighted by molar-refractivity contribution is -0.138. The van der Waals surface area contributed by atoms with Gasteiger partial charge in [-0.2, -0.15) is 0 Å². The Bertz CT molecular complexity index is 406. The van der Waals surface area contributed by atoms with Crippen molar-refractivity contribution in [1.82, 2.24) is 10.2 Å². The fraction of sp³-hybridized carbons (Fsp3) is 0.944. The summed E-state index contributed by atoms with van der Waals surface area (Å²) in [6.07, 6.45) is 9.71. The Hall–Kier alpha value is -0.570. The Morgan fingerprint density at radius 1 is 1.24 bits per heavy atom. The molecular formula is C18H30N2O. The Morgan fingerprint density at radius 2 is 2.10 bits per heavy atom. The molecule has 4 fully saturated rings. The third kappa shape index (κ3) is 2.52. The van der Waals surface area contributed by atoms with Crippen LogP contribution in [0.5, 0.6) is 0 Å². The van der Waals surface area contributed by atoms with Crippen LogP contribution in [0.3, 0.4) is 0 Å². The zero-order valence-corrected chi connectivity index (χ0v) is 13.4. The van der Waals surface area contributed by atoms with Crippen molar-refractivity contribution in [2.75, 3.05) is 19.6 Å². The Kier molecular flexibility index (Phi) is 3.72. The van der Waals surface area contributed by atoms with E-state index in [1.165, 1.54) is 44.9 Å². The van der Waals surface area contributed by atoms with Crippen molar-refractivity contribution < 1.29 is 4.79 Å². The van der Waals surface area contributed by atoms with Crippen molar-refractivity contribution in [3.05, 3.63) is 0 Å². The van der Waals surface area contributed by atoms with Gasteiger partial charge in [-0.25, -0.2) is 0 Å². The maximum Gasteiger partial charge on any atom is 0.226 e. The molecule has 2 saturated heterocycles. The fourth-order valence-corrected chi connectivity index (χ4v) is 5.51. The highest BCUT2D eigenvalue weighted by Gasteiger charge is 2.43. The van der Waals surface area contributed by atoms with Crippen LogP contribution in [0, 0.1) is 29.6 Å². The van der Waals surface area contributed by atoms with Crippen molar-refractivity contribution in [3.8, 4) is 0 Å². The topological polar surface area (TPSA) is 32.3 Å². The zero-order valence-electron chi connectivity index (χ0n) is 13.4. The number of fused-ring (bicyclic) bond motifs is 2. The van der Waals surface area contributed by atoms with Crippen LogP contribution in [0.4, 0.5) is 0 Å². The van der Waals surface area contributed by atoms with E-state index in [2.05, 4.69) is 17.1 Å². The van der Waals surface area contributed by atoms with E-state index in [4.69, 9.17) is 0 Å². The van der Waals surface area contributed by atoms with E-state index in [1.54, 1.807) is 0 Å². The minimum atomic E-state index is 0.229. The average molecular weight is 290 g/mol. The van der Waals surface area contributed by atoms with Crippen LogP contribution in [-0.4, -0.2) is 36.5 Å². The highest BCUT2D eigenvalue weighted by Crippen LogP contribution is 2.50. The first kappa shape index (κ1) is 14.0. The molecule has 0 radical (unpaired) electrons. The summed E-state index contributed by atoms with van der Waals surface area (Å²) in [5.41, 5.74) is 0. The van der Waals surface area contributed by atoms with Crippen LogP contribution in [0.15, 0.2) is 0 Å². The van der Waals surface area contributed by atoms with Gasteiger partial charge in [-0.15, -0.1) is 0 Å². The lowest BCUT2D eigenvalue weighted by Gasteiger charge is -2.37. The maximum atomic E-state index is 12.8. The number of carbonyl (C=O) groups is 1. The van der Waals surface area contributed by atoms with Gasteiger partial charge >= 0.3 is 0 Å². The lowest BCUT2D eigenvalue weighted by Crippen LogP contribution is -2.51. The van der Waals surface area contributed by atoms with E-state index < -0.39 is 0 Å². The number of nitrogens with zero attached hydrogens (tertiary/aromatic N) is 1. The maximum absolute atomic E-state index is 12.8. The SMILES string of the molecule is CC(C(=O)N1CCCC1CC1CC2CCC1C2)C1CNC1. The smallest absolute Gasteiger partial charge is 0.226 e. The summed E-state index contributed by atoms with van der Waals surface area (Å²) in [7, 11) is 0. The molecule has 118 valence electrons. The molecule has 4 rings (SSSR count). The number of likely N-dealkylation sites (tertiary alicyclic amines) is 1. The molecule has 2 saturated carbocycles. The van der Waals surface area contributed by atoms with E-state index in [0.29, 0.717) is 17.9 Å². The molecule has 4 aliphatic rings. The molecule has 5 unspecified atom stereocenters. The van der Waals surface area contributed by atoms with Crippen LogP contribution in [0.1, 0.15) is 51.9 Å². The first-order valence-corrected chi connectivity index (χ1v) is 9.23. The summed E-state index contributed by atoms with van der Waals surface area (Å²) in [5.74, 6) is 4.23. The molecule has 1 amide bonds. The van der Waals surface area contributed by atoms with Crippen molar-refractivity contribution in [1.29, 1.82) is 0 Å². The van der Waals surface area contributed by atoms with Crippen molar-refractivity contribution in [2.45, 2.75) is 57.9 Å². The zero-order chi connectivity index (χ0) is 14.4. The summed E-state index contributed by atoms with van der Waals surface area (Å²) in [6.45, 7) is 5.26. The molecule has 21 heavy (non-hydrogen) atoms. The van der Waals surface area contributed by atoms with Gasteiger partial charge in [0, 0.05) is 18.5 Å². The number of rotatable bonds is 4. The van der Waals surface area contributed by atoms with Gasteiger partial charge < -0.3 is 10.2 Å². The summed E-state index contributed by atoms with van der Waals surface area (Å²) < 4.78 is 0. The van der Waals surface area contributed by atoms with Gasteiger partial charge in [0.05, 0.1) is 0 Å². The van der Waals surface area contributed by atoms with Crippen LogP contribution >= 0.6 is 0 Å². The van der Waals surface area contributed by atoms with E-state index in [-0.39, 0.29) is 5.92 Å². The third-order valence-electron chi connectivity index (χ3n) is 7.03. The number of carbonyl (C=O) groups excluding carboxylic acids is 1. The summed E-state index contributed by atoms with van der Waals surface area (Å²) in [4.78, 5) is 15.1. The fourth-order valence-electron chi connectivity index (χ4n) is 5.51. The van der Waals surface area contributed by atoms with Crippen LogP contribution in [0.25, 0.3) is 0 Å². The standard InChI is InChI=1S/C18H30N2O/c1-12(16-10-19-11-16)18(21)20-6-2-3-17(20)9-15-8-13-4-5-14(15)7-13/h12-17,19H,2-11H2,1H3. The largest absolute Gasteiger partial charge is 0.339 e. The molecular weight excluding hydrogens is 260 g/mol. The summed E-state index contributed by atoms with van der Waals surface area (Å²) in [5, 5.41) is 3.31. The van der Waals surface area contributed by atoms with Crippen LogP contribution in [0.2, 0.25) is 0 Å². The first-order valence-electron chi connectivity index (χ1n) is 9.23. The number of hydrogen-bond acceptors (Lipinski definition) is 2. The molecule has 3 nitrogen and oxygen atoms in total. The molecule has 3 heteroatoms. The quantitative estimate of drug-likeness (QED) is 0.863. The molecule has 2 aliphatic carbocycles. The van der Waals surface area contributed by atoms with Gasteiger partial charge in [0.1, 0.15) is 0 Å². The second-order valence-corrected chi connectivity index (χ2v) is 8.21. The van der Waals surface area contributed by atoms with Gasteiger partial charge in [-0.3, -0.25) is 4.79 Å². The molecule has 2 heterocycles.